The van der Waals surface area contributed by atoms with Gasteiger partial charge in [-0.25, -0.2) is 4.79 Å². The summed E-state index contributed by atoms with van der Waals surface area (Å²) in [5.41, 5.74) is 3.08. The first kappa shape index (κ1) is 25.3. The number of amides is 1. The third-order valence-corrected chi connectivity index (χ3v) is 7.18. The molecular weight excluding hydrogens is 464 g/mol. The highest BCUT2D eigenvalue weighted by Crippen LogP contribution is 2.46. The zero-order chi connectivity index (χ0) is 25.2. The number of benzene rings is 2. The molecule has 2 aromatic rings. The van der Waals surface area contributed by atoms with Crippen LogP contribution in [0.15, 0.2) is 42.2 Å². The molecule has 0 radical (unpaired) electrons. The predicted octanol–water partition coefficient (Wildman–Crippen LogP) is 6.12. The molecule has 0 aromatic heterocycles. The zero-order valence-corrected chi connectivity index (χ0v) is 21.4. The maximum absolute atomic E-state index is 12.8. The van der Waals surface area contributed by atoms with Gasteiger partial charge in [0.05, 0.1) is 0 Å². The topological polar surface area (TPSA) is 78.9 Å². The Morgan fingerprint density at radius 2 is 1.89 bits per heavy atom. The Bertz CT molecular complexity index is 1170. The van der Waals surface area contributed by atoms with Crippen molar-refractivity contribution in [2.45, 2.75) is 57.5 Å². The molecule has 4 rings (SSSR count). The van der Waals surface area contributed by atoms with Gasteiger partial charge in [-0.15, -0.1) is 0 Å². The molecule has 1 fully saturated rings. The van der Waals surface area contributed by atoms with Crippen molar-refractivity contribution >= 4 is 34.7 Å². The highest BCUT2D eigenvalue weighted by Gasteiger charge is 2.49. The number of hydrogen-bond acceptors (Lipinski definition) is 5. The zero-order valence-electron chi connectivity index (χ0n) is 20.6. The summed E-state index contributed by atoms with van der Waals surface area (Å²) in [7, 11) is 3.97. The van der Waals surface area contributed by atoms with E-state index in [1.54, 1.807) is 6.07 Å². The second kappa shape index (κ2) is 10.4. The fourth-order valence-electron chi connectivity index (χ4n) is 5.02. The third-order valence-electron chi connectivity index (χ3n) is 6.87. The lowest BCUT2D eigenvalue weighted by molar-refractivity contribution is -0.149. The van der Waals surface area contributed by atoms with E-state index >= 15 is 0 Å². The molecule has 1 aliphatic heterocycles. The first-order valence-corrected chi connectivity index (χ1v) is 12.6. The van der Waals surface area contributed by atoms with Crippen LogP contribution in [-0.4, -0.2) is 48.1 Å². The van der Waals surface area contributed by atoms with E-state index in [0.29, 0.717) is 35.5 Å². The summed E-state index contributed by atoms with van der Waals surface area (Å²) in [6.07, 6.45) is 5.46. The van der Waals surface area contributed by atoms with Crippen molar-refractivity contribution in [3.63, 3.8) is 0 Å². The lowest BCUT2D eigenvalue weighted by Gasteiger charge is -2.31. The van der Waals surface area contributed by atoms with Crippen LogP contribution in [0.2, 0.25) is 5.02 Å². The number of carbonyl (C=O) groups excluding carboxylic acids is 2. The van der Waals surface area contributed by atoms with Gasteiger partial charge in [-0.2, -0.15) is 0 Å². The van der Waals surface area contributed by atoms with Crippen molar-refractivity contribution in [3.05, 3.63) is 58.3 Å². The van der Waals surface area contributed by atoms with Crippen molar-refractivity contribution in [1.29, 1.82) is 0 Å². The van der Waals surface area contributed by atoms with E-state index in [1.165, 1.54) is 0 Å². The van der Waals surface area contributed by atoms with E-state index in [9.17, 15) is 14.7 Å². The van der Waals surface area contributed by atoms with E-state index < -0.39 is 11.6 Å². The molecule has 0 unspecified atom stereocenters. The number of nitrogens with one attached hydrogen (secondary N) is 1. The Morgan fingerprint density at radius 1 is 1.14 bits per heavy atom. The molecule has 0 saturated heterocycles. The first-order chi connectivity index (χ1) is 16.7. The summed E-state index contributed by atoms with van der Waals surface area (Å²) in [5, 5.41) is 14.5. The van der Waals surface area contributed by atoms with Crippen LogP contribution in [0.3, 0.4) is 0 Å². The van der Waals surface area contributed by atoms with E-state index in [-0.39, 0.29) is 17.2 Å². The molecule has 7 heteroatoms. The smallest absolute Gasteiger partial charge is 0.343 e. The normalized spacial score (nSPS) is 17.2. The van der Waals surface area contributed by atoms with Crippen LogP contribution in [0.4, 0.5) is 5.69 Å². The molecule has 1 spiro atoms. The second-order valence-electron chi connectivity index (χ2n) is 9.85. The standard InChI is InChI=1S/C28H33ClN2O4/c1-18-15-22(19-9-7-10-20(16-19)30-24(32)11-8-14-31(2)3)23(29)17-21(18)25-26(33)28(35-27(25)34)12-5-4-6-13-28/h7,9-10,15-17,33H,4-6,8,11-14H2,1-3H3,(H,30,32). The lowest BCUT2D eigenvalue weighted by Crippen LogP contribution is -2.34. The Morgan fingerprint density at radius 3 is 2.60 bits per heavy atom. The number of rotatable bonds is 7. The number of halogens is 1. The quantitative estimate of drug-likeness (QED) is 0.451. The summed E-state index contributed by atoms with van der Waals surface area (Å²) < 4.78 is 5.72. The Labute approximate surface area is 211 Å². The average molecular weight is 497 g/mol. The molecule has 1 heterocycles. The monoisotopic (exact) mass is 496 g/mol. The van der Waals surface area contributed by atoms with Gasteiger partial charge in [-0.05, 0) is 101 Å². The van der Waals surface area contributed by atoms with Crippen molar-refractivity contribution in [2.75, 3.05) is 26.0 Å². The number of anilines is 1. The SMILES string of the molecule is Cc1cc(-c2cccc(NC(=O)CCCN(C)C)c2)c(Cl)cc1C1=C(O)C2(CCCCC2)OC1=O. The maximum atomic E-state index is 12.8. The van der Waals surface area contributed by atoms with Gasteiger partial charge in [0.25, 0.3) is 0 Å². The molecule has 1 aliphatic carbocycles. The van der Waals surface area contributed by atoms with Crippen LogP contribution >= 0.6 is 11.6 Å². The minimum atomic E-state index is -0.888. The van der Waals surface area contributed by atoms with E-state index in [2.05, 4.69) is 10.2 Å². The van der Waals surface area contributed by atoms with Gasteiger partial charge in [0, 0.05) is 22.7 Å². The average Bonchev–Trinajstić information content (AvgIpc) is 3.04. The van der Waals surface area contributed by atoms with Gasteiger partial charge in [0.2, 0.25) is 5.91 Å². The summed E-state index contributed by atoms with van der Waals surface area (Å²) >= 11 is 6.69. The number of hydrogen-bond donors (Lipinski definition) is 2. The molecule has 2 N–H and O–H groups in total. The third kappa shape index (κ3) is 5.39. The molecule has 1 amide bonds. The number of aliphatic hydroxyl groups excluding tert-OH is 1. The Kier molecular flexibility index (Phi) is 7.53. The van der Waals surface area contributed by atoms with Crippen LogP contribution in [0, 0.1) is 6.92 Å². The molecule has 6 nitrogen and oxygen atoms in total. The summed E-state index contributed by atoms with van der Waals surface area (Å²) in [6, 6.07) is 11.2. The van der Waals surface area contributed by atoms with Crippen molar-refractivity contribution in [3.8, 4) is 11.1 Å². The molecular formula is C28H33ClN2O4. The molecule has 35 heavy (non-hydrogen) atoms. The molecule has 0 atom stereocenters. The maximum Gasteiger partial charge on any atom is 0.343 e. The minimum absolute atomic E-state index is 0.0274. The molecule has 1 saturated carbocycles. The fourth-order valence-corrected chi connectivity index (χ4v) is 5.29. The van der Waals surface area contributed by atoms with Gasteiger partial charge < -0.3 is 20.1 Å². The van der Waals surface area contributed by atoms with E-state index in [4.69, 9.17) is 16.3 Å². The van der Waals surface area contributed by atoms with Crippen LogP contribution < -0.4 is 5.32 Å². The highest BCUT2D eigenvalue weighted by molar-refractivity contribution is 6.34. The minimum Gasteiger partial charge on any atom is -0.507 e. The van der Waals surface area contributed by atoms with Crippen molar-refractivity contribution < 1.29 is 19.4 Å². The van der Waals surface area contributed by atoms with E-state index in [0.717, 1.165) is 48.9 Å². The summed E-state index contributed by atoms with van der Waals surface area (Å²) in [5.74, 6) is -0.483. The van der Waals surface area contributed by atoms with Crippen LogP contribution in [0.1, 0.15) is 56.1 Å². The van der Waals surface area contributed by atoms with Gasteiger partial charge in [-0.1, -0.05) is 30.2 Å². The number of esters is 1. The van der Waals surface area contributed by atoms with Crippen LogP contribution in [0.5, 0.6) is 0 Å². The highest BCUT2D eigenvalue weighted by atomic mass is 35.5. The number of carbonyl (C=O) groups is 2. The Balaban J connectivity index is 1.59. The largest absolute Gasteiger partial charge is 0.507 e. The van der Waals surface area contributed by atoms with Gasteiger partial charge in [-0.3, -0.25) is 4.79 Å². The molecule has 0 bridgehead atoms. The van der Waals surface area contributed by atoms with Crippen molar-refractivity contribution in [2.24, 2.45) is 0 Å². The van der Waals surface area contributed by atoms with Gasteiger partial charge in [0.1, 0.15) is 5.57 Å². The van der Waals surface area contributed by atoms with Crippen LogP contribution in [-0.2, 0) is 14.3 Å². The number of ether oxygens (including phenoxy) is 1. The van der Waals surface area contributed by atoms with Gasteiger partial charge in [0.15, 0.2) is 11.4 Å². The fraction of sp³-hybridized carbons (Fsp3) is 0.429. The van der Waals surface area contributed by atoms with Crippen molar-refractivity contribution in [1.82, 2.24) is 4.90 Å². The first-order valence-electron chi connectivity index (χ1n) is 12.2. The van der Waals surface area contributed by atoms with Gasteiger partial charge >= 0.3 is 5.97 Å². The predicted molar refractivity (Wildman–Crippen MR) is 139 cm³/mol. The molecule has 186 valence electrons. The number of nitrogens with zero attached hydrogens (tertiary/aromatic N) is 1. The van der Waals surface area contributed by atoms with Crippen LogP contribution in [0.25, 0.3) is 16.7 Å². The van der Waals surface area contributed by atoms with E-state index in [1.807, 2.05) is 51.4 Å². The summed E-state index contributed by atoms with van der Waals surface area (Å²) in [4.78, 5) is 27.2. The lowest BCUT2D eigenvalue weighted by atomic mass is 9.82. The number of aliphatic hydroxyl groups is 1. The Hall–Kier alpha value is -2.83. The second-order valence-corrected chi connectivity index (χ2v) is 10.3. The number of aryl methyl sites for hydroxylation is 1. The molecule has 2 aromatic carbocycles. The summed E-state index contributed by atoms with van der Waals surface area (Å²) in [6.45, 7) is 2.75. The molecule has 2 aliphatic rings.